The first-order chi connectivity index (χ1) is 9.88. The predicted octanol–water partition coefficient (Wildman–Crippen LogP) is 4.81. The molecule has 1 N–H and O–H groups in total. The molecule has 0 heterocycles. The Hall–Kier alpha value is -2.02. The normalized spacial score (nSPS) is 12.0. The van der Waals surface area contributed by atoms with Crippen molar-refractivity contribution in [2.45, 2.75) is 13.0 Å². The van der Waals surface area contributed by atoms with Gasteiger partial charge in [0.2, 0.25) is 0 Å². The third-order valence-electron chi connectivity index (χ3n) is 2.96. The number of nitrogens with one attached hydrogen (secondary N) is 1. The van der Waals surface area contributed by atoms with Gasteiger partial charge in [-0.05, 0) is 34.5 Å². The lowest BCUT2D eigenvalue weighted by molar-refractivity contribution is -0.384. The van der Waals surface area contributed by atoms with Gasteiger partial charge in [0, 0.05) is 24.2 Å². The Morgan fingerprint density at radius 1 is 1.24 bits per heavy atom. The molecule has 0 saturated heterocycles. The molecule has 0 aliphatic rings. The number of benzene rings is 2. The number of rotatable bonds is 4. The van der Waals surface area contributed by atoms with E-state index in [2.05, 4.69) is 21.2 Å². The highest BCUT2D eigenvalue weighted by Crippen LogP contribution is 2.28. The van der Waals surface area contributed by atoms with E-state index in [1.165, 1.54) is 18.2 Å². The summed E-state index contributed by atoms with van der Waals surface area (Å²) in [5.74, 6) is -1.42. The molecule has 110 valence electrons. The van der Waals surface area contributed by atoms with E-state index < -0.39 is 16.6 Å². The van der Waals surface area contributed by atoms with Gasteiger partial charge in [0.15, 0.2) is 0 Å². The summed E-state index contributed by atoms with van der Waals surface area (Å²) >= 11 is 2.99. The molecule has 0 saturated carbocycles. The Morgan fingerprint density at radius 2 is 1.95 bits per heavy atom. The fraction of sp³-hybridized carbons (Fsp3) is 0.143. The number of hydrogen-bond acceptors (Lipinski definition) is 3. The Kier molecular flexibility index (Phi) is 4.52. The van der Waals surface area contributed by atoms with Crippen LogP contribution in [0.1, 0.15) is 18.5 Å². The molecule has 2 aromatic carbocycles. The van der Waals surface area contributed by atoms with Gasteiger partial charge in [-0.3, -0.25) is 10.1 Å². The summed E-state index contributed by atoms with van der Waals surface area (Å²) < 4.78 is 27.0. The van der Waals surface area contributed by atoms with Gasteiger partial charge >= 0.3 is 0 Å². The lowest BCUT2D eigenvalue weighted by atomic mass is 10.1. The van der Waals surface area contributed by atoms with E-state index in [1.807, 2.05) is 0 Å². The van der Waals surface area contributed by atoms with Crippen LogP contribution in [0.3, 0.4) is 0 Å². The predicted molar refractivity (Wildman–Crippen MR) is 79.2 cm³/mol. The first-order valence-corrected chi connectivity index (χ1v) is 6.83. The lowest BCUT2D eigenvalue weighted by Gasteiger charge is -2.16. The smallest absolute Gasteiger partial charge is 0.269 e. The average Bonchev–Trinajstić information content (AvgIpc) is 2.44. The molecule has 0 aromatic heterocycles. The van der Waals surface area contributed by atoms with E-state index in [4.69, 9.17) is 0 Å². The van der Waals surface area contributed by atoms with Crippen LogP contribution in [0.2, 0.25) is 0 Å². The largest absolute Gasteiger partial charge is 0.376 e. The number of halogens is 3. The number of hydrogen-bond donors (Lipinski definition) is 1. The van der Waals surface area contributed by atoms with Gasteiger partial charge in [-0.15, -0.1) is 0 Å². The number of nitrogens with zero attached hydrogens (tertiary/aromatic N) is 1. The van der Waals surface area contributed by atoms with Crippen molar-refractivity contribution in [3.8, 4) is 0 Å². The van der Waals surface area contributed by atoms with Crippen molar-refractivity contribution in [1.29, 1.82) is 0 Å². The summed E-state index contributed by atoms with van der Waals surface area (Å²) in [4.78, 5) is 10.3. The van der Waals surface area contributed by atoms with Crippen molar-refractivity contribution in [3.05, 3.63) is 68.2 Å². The van der Waals surface area contributed by atoms with Gasteiger partial charge < -0.3 is 5.32 Å². The maximum atomic E-state index is 13.7. The fourth-order valence-electron chi connectivity index (χ4n) is 1.86. The van der Waals surface area contributed by atoms with E-state index in [0.29, 0.717) is 5.56 Å². The van der Waals surface area contributed by atoms with E-state index in [0.717, 1.165) is 6.07 Å². The van der Waals surface area contributed by atoms with Gasteiger partial charge in [-0.2, -0.15) is 0 Å². The summed E-state index contributed by atoms with van der Waals surface area (Å²) in [6, 6.07) is 7.73. The highest BCUT2D eigenvalue weighted by atomic mass is 79.9. The summed E-state index contributed by atoms with van der Waals surface area (Å²) in [6.45, 7) is 1.73. The number of nitro benzene ring substituents is 1. The summed E-state index contributed by atoms with van der Waals surface area (Å²) in [5.41, 5.74) is 0.702. The molecule has 0 bridgehead atoms. The summed E-state index contributed by atoms with van der Waals surface area (Å²) in [6.07, 6.45) is 0. The van der Waals surface area contributed by atoms with E-state index in [-0.39, 0.29) is 21.9 Å². The van der Waals surface area contributed by atoms with Crippen LogP contribution >= 0.6 is 15.9 Å². The maximum absolute atomic E-state index is 13.7. The fourth-order valence-corrected chi connectivity index (χ4v) is 2.20. The van der Waals surface area contributed by atoms with Crippen molar-refractivity contribution >= 4 is 27.3 Å². The SMILES string of the molecule is CC(Nc1cc(Br)c(F)cc1F)c1cccc([N+](=O)[O-])c1. The first kappa shape index (κ1) is 15.4. The maximum Gasteiger partial charge on any atom is 0.269 e. The van der Waals surface area contributed by atoms with Gasteiger partial charge in [-0.25, -0.2) is 8.78 Å². The number of non-ortho nitro benzene ring substituents is 1. The molecule has 4 nitrogen and oxygen atoms in total. The number of nitro groups is 1. The van der Waals surface area contributed by atoms with E-state index in [9.17, 15) is 18.9 Å². The van der Waals surface area contributed by atoms with Gasteiger partial charge in [0.25, 0.3) is 5.69 Å². The van der Waals surface area contributed by atoms with Crippen LogP contribution in [-0.2, 0) is 0 Å². The second kappa shape index (κ2) is 6.17. The minimum atomic E-state index is -0.729. The van der Waals surface area contributed by atoms with Crippen molar-refractivity contribution in [3.63, 3.8) is 0 Å². The molecule has 1 atom stereocenters. The molecule has 1 unspecified atom stereocenters. The molecule has 2 aromatic rings. The van der Waals surface area contributed by atoms with Crippen LogP contribution < -0.4 is 5.32 Å². The van der Waals surface area contributed by atoms with E-state index >= 15 is 0 Å². The zero-order valence-electron chi connectivity index (χ0n) is 10.9. The second-order valence-corrected chi connectivity index (χ2v) is 5.32. The minimum absolute atomic E-state index is 0.0399. The lowest BCUT2D eigenvalue weighted by Crippen LogP contribution is -2.08. The van der Waals surface area contributed by atoms with Crippen LogP contribution in [0.5, 0.6) is 0 Å². The van der Waals surface area contributed by atoms with Gasteiger partial charge in [0.05, 0.1) is 15.1 Å². The van der Waals surface area contributed by atoms with Crippen molar-refractivity contribution in [2.24, 2.45) is 0 Å². The van der Waals surface area contributed by atoms with Crippen LogP contribution in [0.15, 0.2) is 40.9 Å². The Labute approximate surface area is 128 Å². The number of anilines is 1. The van der Waals surface area contributed by atoms with Crippen LogP contribution in [0.4, 0.5) is 20.2 Å². The topological polar surface area (TPSA) is 55.2 Å². The monoisotopic (exact) mass is 356 g/mol. The molecule has 0 fully saturated rings. The molecule has 7 heteroatoms. The molecule has 0 aliphatic heterocycles. The van der Waals surface area contributed by atoms with E-state index in [1.54, 1.807) is 19.1 Å². The third kappa shape index (κ3) is 3.55. The van der Waals surface area contributed by atoms with Crippen LogP contribution in [0, 0.1) is 21.7 Å². The molecule has 0 amide bonds. The minimum Gasteiger partial charge on any atom is -0.376 e. The first-order valence-electron chi connectivity index (χ1n) is 6.04. The molecule has 0 aliphatic carbocycles. The summed E-state index contributed by atoms with van der Waals surface area (Å²) in [7, 11) is 0. The van der Waals surface area contributed by atoms with Gasteiger partial charge in [0.1, 0.15) is 11.6 Å². The highest BCUT2D eigenvalue weighted by molar-refractivity contribution is 9.10. The molecular formula is C14H11BrF2N2O2. The Morgan fingerprint density at radius 3 is 2.62 bits per heavy atom. The quantitative estimate of drug-likeness (QED) is 0.485. The standard InChI is InChI=1S/C14H11BrF2N2O2/c1-8(9-3-2-4-10(5-9)19(20)21)18-14-6-11(15)12(16)7-13(14)17/h2-8,18H,1H3. The second-order valence-electron chi connectivity index (χ2n) is 4.46. The molecule has 0 spiro atoms. The molecule has 0 radical (unpaired) electrons. The molecular weight excluding hydrogens is 346 g/mol. The van der Waals surface area contributed by atoms with Crippen LogP contribution in [-0.4, -0.2) is 4.92 Å². The highest BCUT2D eigenvalue weighted by Gasteiger charge is 2.14. The van der Waals surface area contributed by atoms with Gasteiger partial charge in [-0.1, -0.05) is 12.1 Å². The Balaban J connectivity index is 2.26. The van der Waals surface area contributed by atoms with Crippen molar-refractivity contribution < 1.29 is 13.7 Å². The molecule has 21 heavy (non-hydrogen) atoms. The average molecular weight is 357 g/mol. The van der Waals surface area contributed by atoms with Crippen LogP contribution in [0.25, 0.3) is 0 Å². The summed E-state index contributed by atoms with van der Waals surface area (Å²) in [5, 5.41) is 13.6. The zero-order valence-corrected chi connectivity index (χ0v) is 12.5. The molecule has 2 rings (SSSR count). The van der Waals surface area contributed by atoms with Crippen molar-refractivity contribution in [2.75, 3.05) is 5.32 Å². The third-order valence-corrected chi connectivity index (χ3v) is 3.57. The zero-order chi connectivity index (χ0) is 15.6. The Bertz CT molecular complexity index is 695. The van der Waals surface area contributed by atoms with Crippen molar-refractivity contribution in [1.82, 2.24) is 0 Å².